The van der Waals surface area contributed by atoms with Crippen LogP contribution in [0.2, 0.25) is 0 Å². The monoisotopic (exact) mass is 890 g/mol. The Kier molecular flexibility index (Phi) is 9.48. The summed E-state index contributed by atoms with van der Waals surface area (Å²) in [5.41, 5.74) is 10.1. The second kappa shape index (κ2) is 16.2. The third-order valence-electron chi connectivity index (χ3n) is 13.0. The van der Waals surface area contributed by atoms with Crippen LogP contribution in [-0.2, 0) is 0 Å². The van der Waals surface area contributed by atoms with Gasteiger partial charge in [-0.05, 0) is 52.6 Å². The Labute approximate surface area is 396 Å². The van der Waals surface area contributed by atoms with E-state index < -0.39 is 0 Å². The predicted molar refractivity (Wildman–Crippen MR) is 287 cm³/mol. The van der Waals surface area contributed by atoms with E-state index in [-0.39, 0.29) is 0 Å². The molecule has 14 aromatic rings. The van der Waals surface area contributed by atoms with Gasteiger partial charge in [0.05, 0.1) is 11.0 Å². The molecule has 0 saturated heterocycles. The fraction of sp³-hybridized carbons (Fsp3) is 0.0484. The van der Waals surface area contributed by atoms with Crippen molar-refractivity contribution in [3.63, 3.8) is 0 Å². The molecule has 4 heterocycles. The van der Waals surface area contributed by atoms with Gasteiger partial charge < -0.3 is 8.98 Å². The van der Waals surface area contributed by atoms with Crippen molar-refractivity contribution in [3.8, 4) is 51.0 Å². The van der Waals surface area contributed by atoms with Gasteiger partial charge in [0.25, 0.3) is 0 Å². The largest absolute Gasteiger partial charge is 0.456 e. The minimum Gasteiger partial charge on any atom is -0.456 e. The highest BCUT2D eigenvalue weighted by Gasteiger charge is 2.22. The number of rotatable bonds is 5. The number of benzene rings is 10. The van der Waals surface area contributed by atoms with Gasteiger partial charge in [0.1, 0.15) is 11.2 Å². The highest BCUT2D eigenvalue weighted by Crippen LogP contribution is 2.47. The second-order valence-corrected chi connectivity index (χ2v) is 18.5. The van der Waals surface area contributed by atoms with Crippen LogP contribution in [0.1, 0.15) is 20.3 Å². The molecular weight excluding hydrogens is 849 g/mol. The van der Waals surface area contributed by atoms with Crippen molar-refractivity contribution in [2.45, 2.75) is 20.3 Å². The SMILES string of the molecule is CCC.c1ccc(-c2nc(-c3cccc(-n4c5c(-c6cccc7c6sc6ccc8ccccc8c67)cccc5c5ccc6ccccc6c54)c3)nc(-c3ccc4c(c3)oc3ccccc34)n2)cc1. The van der Waals surface area contributed by atoms with Gasteiger partial charge in [0.15, 0.2) is 17.5 Å². The van der Waals surface area contributed by atoms with Gasteiger partial charge in [-0.15, -0.1) is 11.3 Å². The minimum atomic E-state index is 0.580. The standard InChI is InChI=1S/C59H34N4OS.C3H8/c1-2-15-37(16-3-1)57-60-58(62-59(61-57)39-28-30-44-43-21-8-9-26-50(43)64-51(44)34-39)38-17-10-18-40(33-38)63-54-42-20-7-5-14-36(42)27-31-47(54)45-22-11-23-46(55(45)63)48-24-12-25-49-53-41-19-6-4-13-35(41)29-32-52(53)65-56(48)49;1-3-2/h1-34H;3H2,1-2H3. The molecule has 322 valence electrons. The summed E-state index contributed by atoms with van der Waals surface area (Å²) in [4.78, 5) is 15.5. The number of furan rings is 1. The first-order chi connectivity index (χ1) is 33.6. The lowest BCUT2D eigenvalue weighted by molar-refractivity contribution is 0.669. The first-order valence-electron chi connectivity index (χ1n) is 23.3. The van der Waals surface area contributed by atoms with Crippen molar-refractivity contribution in [1.29, 1.82) is 0 Å². The number of para-hydroxylation sites is 2. The van der Waals surface area contributed by atoms with E-state index in [0.29, 0.717) is 17.5 Å². The Morgan fingerprint density at radius 2 is 0.971 bits per heavy atom. The molecule has 10 aromatic carbocycles. The van der Waals surface area contributed by atoms with Crippen LogP contribution in [0.4, 0.5) is 0 Å². The summed E-state index contributed by atoms with van der Waals surface area (Å²) in [6, 6.07) is 73.3. The second-order valence-electron chi connectivity index (χ2n) is 17.4. The van der Waals surface area contributed by atoms with Gasteiger partial charge in [-0.25, -0.2) is 15.0 Å². The maximum absolute atomic E-state index is 6.33. The molecule has 0 aliphatic carbocycles. The molecule has 4 aromatic heterocycles. The van der Waals surface area contributed by atoms with Crippen LogP contribution in [-0.4, -0.2) is 19.5 Å². The predicted octanol–water partition coefficient (Wildman–Crippen LogP) is 17.6. The molecule has 0 saturated carbocycles. The third-order valence-corrected chi connectivity index (χ3v) is 14.2. The summed E-state index contributed by atoms with van der Waals surface area (Å²) in [5.74, 6) is 1.78. The highest BCUT2D eigenvalue weighted by atomic mass is 32.1. The number of aromatic nitrogens is 4. The summed E-state index contributed by atoms with van der Waals surface area (Å²) in [6.07, 6.45) is 1.25. The molecule has 0 aliphatic rings. The van der Waals surface area contributed by atoms with Gasteiger partial charge in [-0.3, -0.25) is 0 Å². The Balaban J connectivity index is 0.00000149. The first kappa shape index (κ1) is 39.9. The van der Waals surface area contributed by atoms with Gasteiger partial charge in [0, 0.05) is 80.6 Å². The molecule has 5 nitrogen and oxygen atoms in total. The lowest BCUT2D eigenvalue weighted by Crippen LogP contribution is -2.01. The number of hydrogen-bond donors (Lipinski definition) is 0. The van der Waals surface area contributed by atoms with Crippen LogP contribution in [0.3, 0.4) is 0 Å². The Hall–Kier alpha value is -8.45. The molecule has 0 fully saturated rings. The zero-order valence-electron chi connectivity index (χ0n) is 37.4. The lowest BCUT2D eigenvalue weighted by atomic mass is 9.98. The maximum Gasteiger partial charge on any atom is 0.164 e. The molecule has 0 spiro atoms. The van der Waals surface area contributed by atoms with Gasteiger partial charge in [-0.1, -0.05) is 190 Å². The zero-order chi connectivity index (χ0) is 45.3. The molecule has 0 unspecified atom stereocenters. The van der Waals surface area contributed by atoms with E-state index in [2.05, 4.69) is 170 Å². The molecule has 0 radical (unpaired) electrons. The topological polar surface area (TPSA) is 56.7 Å². The van der Waals surface area contributed by atoms with Crippen molar-refractivity contribution >= 4 is 96.8 Å². The lowest BCUT2D eigenvalue weighted by Gasteiger charge is -2.15. The smallest absolute Gasteiger partial charge is 0.164 e. The molecule has 0 bridgehead atoms. The van der Waals surface area contributed by atoms with Crippen LogP contribution in [0.5, 0.6) is 0 Å². The van der Waals surface area contributed by atoms with E-state index in [9.17, 15) is 0 Å². The molecule has 0 amide bonds. The van der Waals surface area contributed by atoms with Crippen LogP contribution in [0.15, 0.2) is 211 Å². The van der Waals surface area contributed by atoms with Crippen molar-refractivity contribution in [2.24, 2.45) is 0 Å². The fourth-order valence-electron chi connectivity index (χ4n) is 10.1. The van der Waals surface area contributed by atoms with Crippen molar-refractivity contribution in [3.05, 3.63) is 206 Å². The molecule has 14 rings (SSSR count). The van der Waals surface area contributed by atoms with Crippen LogP contribution in [0, 0.1) is 0 Å². The molecule has 0 N–H and O–H groups in total. The fourth-order valence-corrected chi connectivity index (χ4v) is 11.3. The minimum absolute atomic E-state index is 0.580. The Morgan fingerprint density at radius 3 is 1.78 bits per heavy atom. The normalized spacial score (nSPS) is 11.7. The van der Waals surface area contributed by atoms with Crippen molar-refractivity contribution < 1.29 is 4.42 Å². The molecule has 68 heavy (non-hydrogen) atoms. The van der Waals surface area contributed by atoms with Gasteiger partial charge >= 0.3 is 0 Å². The van der Waals surface area contributed by atoms with E-state index >= 15 is 0 Å². The third kappa shape index (κ3) is 6.40. The number of fused-ring (bicyclic) bond motifs is 13. The Bertz CT molecular complexity index is 4280. The first-order valence-corrected chi connectivity index (χ1v) is 24.1. The van der Waals surface area contributed by atoms with E-state index in [1.807, 2.05) is 65.9 Å². The number of nitrogens with zero attached hydrogens (tertiary/aromatic N) is 4. The summed E-state index contributed by atoms with van der Waals surface area (Å²) >= 11 is 1.88. The average molecular weight is 891 g/mol. The van der Waals surface area contributed by atoms with E-state index in [0.717, 1.165) is 55.3 Å². The van der Waals surface area contributed by atoms with Crippen LogP contribution < -0.4 is 0 Å². The summed E-state index contributed by atoms with van der Waals surface area (Å²) in [5, 5.41) is 12.1. The maximum atomic E-state index is 6.33. The summed E-state index contributed by atoms with van der Waals surface area (Å²) in [6.45, 7) is 4.25. The molecule has 0 atom stereocenters. The summed E-state index contributed by atoms with van der Waals surface area (Å²) < 4.78 is 11.4. The summed E-state index contributed by atoms with van der Waals surface area (Å²) in [7, 11) is 0. The average Bonchev–Trinajstić information content (AvgIpc) is 4.09. The molecule has 0 aliphatic heterocycles. The van der Waals surface area contributed by atoms with E-state index in [1.54, 1.807) is 0 Å². The highest BCUT2D eigenvalue weighted by molar-refractivity contribution is 7.26. The van der Waals surface area contributed by atoms with Gasteiger partial charge in [-0.2, -0.15) is 0 Å². The van der Waals surface area contributed by atoms with Crippen molar-refractivity contribution in [2.75, 3.05) is 0 Å². The van der Waals surface area contributed by atoms with Crippen molar-refractivity contribution in [1.82, 2.24) is 19.5 Å². The van der Waals surface area contributed by atoms with Crippen LogP contribution in [0.25, 0.3) is 136 Å². The number of hydrogen-bond acceptors (Lipinski definition) is 5. The Morgan fingerprint density at radius 1 is 0.412 bits per heavy atom. The quantitative estimate of drug-likeness (QED) is 0.173. The van der Waals surface area contributed by atoms with Crippen LogP contribution >= 0.6 is 11.3 Å². The van der Waals surface area contributed by atoms with E-state index in [4.69, 9.17) is 19.4 Å². The zero-order valence-corrected chi connectivity index (χ0v) is 38.3. The van der Waals surface area contributed by atoms with E-state index in [1.165, 1.54) is 70.0 Å². The molecular formula is C62H42N4OS. The van der Waals surface area contributed by atoms with Gasteiger partial charge in [0.2, 0.25) is 0 Å². The number of thiophene rings is 1. The molecule has 6 heteroatoms.